The predicted octanol–water partition coefficient (Wildman–Crippen LogP) is 2.34. The third kappa shape index (κ3) is 2.96. The molecule has 1 heterocycles. The number of nitrogens with one attached hydrogen (secondary N) is 1. The number of nitrogens with zero attached hydrogens (tertiary/aromatic N) is 2. The summed E-state index contributed by atoms with van der Waals surface area (Å²) in [6.07, 6.45) is 1.40. The van der Waals surface area contributed by atoms with Gasteiger partial charge in [0.15, 0.2) is 0 Å². The van der Waals surface area contributed by atoms with Crippen molar-refractivity contribution in [2.24, 2.45) is 5.84 Å². The van der Waals surface area contributed by atoms with E-state index >= 15 is 0 Å². The standard InChI is InChI=1S/C12H12Cl2N4O/c1-19-10-5-9(16-6-17-10)12(18-15)7-3-2-4-8(13)11(7)14/h2-6,12,18H,15H2,1H3. The van der Waals surface area contributed by atoms with Crippen LogP contribution in [-0.4, -0.2) is 17.1 Å². The van der Waals surface area contributed by atoms with Crippen LogP contribution >= 0.6 is 23.2 Å². The van der Waals surface area contributed by atoms with Crippen LogP contribution < -0.4 is 16.0 Å². The predicted molar refractivity (Wildman–Crippen MR) is 74.2 cm³/mol. The van der Waals surface area contributed by atoms with E-state index in [1.165, 1.54) is 13.4 Å². The lowest BCUT2D eigenvalue weighted by atomic mass is 10.0. The summed E-state index contributed by atoms with van der Waals surface area (Å²) in [4.78, 5) is 8.12. The van der Waals surface area contributed by atoms with Gasteiger partial charge in [-0.15, -0.1) is 0 Å². The molecule has 3 N–H and O–H groups in total. The first-order chi connectivity index (χ1) is 9.17. The number of methoxy groups -OCH3 is 1. The van der Waals surface area contributed by atoms with E-state index < -0.39 is 6.04 Å². The van der Waals surface area contributed by atoms with Gasteiger partial charge in [0, 0.05) is 6.07 Å². The second kappa shape index (κ2) is 6.16. The number of nitrogens with two attached hydrogens (primary N) is 1. The van der Waals surface area contributed by atoms with Gasteiger partial charge < -0.3 is 4.74 Å². The van der Waals surface area contributed by atoms with Crippen LogP contribution in [0, 0.1) is 0 Å². The third-order valence-electron chi connectivity index (χ3n) is 2.63. The lowest BCUT2D eigenvalue weighted by Crippen LogP contribution is -2.29. The Bertz CT molecular complexity index is 579. The fourth-order valence-electron chi connectivity index (χ4n) is 1.70. The van der Waals surface area contributed by atoms with Gasteiger partial charge in [0.2, 0.25) is 5.88 Å². The highest BCUT2D eigenvalue weighted by atomic mass is 35.5. The van der Waals surface area contributed by atoms with Crippen LogP contribution in [-0.2, 0) is 0 Å². The van der Waals surface area contributed by atoms with Gasteiger partial charge in [0.25, 0.3) is 0 Å². The fourth-order valence-corrected chi connectivity index (χ4v) is 2.12. The van der Waals surface area contributed by atoms with Gasteiger partial charge >= 0.3 is 0 Å². The molecule has 0 fully saturated rings. The zero-order chi connectivity index (χ0) is 13.8. The maximum atomic E-state index is 6.19. The molecule has 0 saturated heterocycles. The highest BCUT2D eigenvalue weighted by Crippen LogP contribution is 2.32. The van der Waals surface area contributed by atoms with Gasteiger partial charge in [-0.25, -0.2) is 15.4 Å². The summed E-state index contributed by atoms with van der Waals surface area (Å²) in [6, 6.07) is 6.62. The summed E-state index contributed by atoms with van der Waals surface area (Å²) in [7, 11) is 1.53. The Morgan fingerprint density at radius 1 is 1.32 bits per heavy atom. The Kier molecular flexibility index (Phi) is 4.55. The summed E-state index contributed by atoms with van der Waals surface area (Å²) in [5, 5.41) is 0.894. The average molecular weight is 299 g/mol. The smallest absolute Gasteiger partial charge is 0.216 e. The molecule has 0 saturated carbocycles. The maximum Gasteiger partial charge on any atom is 0.216 e. The first kappa shape index (κ1) is 14.0. The molecule has 0 aliphatic carbocycles. The summed E-state index contributed by atoms with van der Waals surface area (Å²) < 4.78 is 5.06. The molecule has 0 spiro atoms. The number of rotatable bonds is 4. The van der Waals surface area contributed by atoms with Gasteiger partial charge in [0.1, 0.15) is 6.33 Å². The highest BCUT2D eigenvalue weighted by Gasteiger charge is 2.19. The van der Waals surface area contributed by atoms with Crippen molar-refractivity contribution in [3.8, 4) is 5.88 Å². The van der Waals surface area contributed by atoms with Crippen LogP contribution in [0.4, 0.5) is 0 Å². The molecule has 5 nitrogen and oxygen atoms in total. The maximum absolute atomic E-state index is 6.19. The number of halogens is 2. The molecule has 2 aromatic rings. The number of hydrogen-bond acceptors (Lipinski definition) is 5. The van der Waals surface area contributed by atoms with E-state index in [1.807, 2.05) is 6.07 Å². The average Bonchev–Trinajstić information content (AvgIpc) is 2.44. The van der Waals surface area contributed by atoms with Gasteiger partial charge in [-0.3, -0.25) is 5.84 Å². The molecule has 1 atom stereocenters. The summed E-state index contributed by atoms with van der Waals surface area (Å²) in [5.41, 5.74) is 4.04. The van der Waals surface area contributed by atoms with E-state index in [2.05, 4.69) is 15.4 Å². The molecule has 0 aliphatic heterocycles. The van der Waals surface area contributed by atoms with Crippen LogP contribution in [0.5, 0.6) is 5.88 Å². The van der Waals surface area contributed by atoms with Gasteiger partial charge in [-0.1, -0.05) is 35.3 Å². The SMILES string of the molecule is COc1cc(C(NN)c2cccc(Cl)c2Cl)ncn1. The van der Waals surface area contributed by atoms with Crippen molar-refractivity contribution in [2.75, 3.05) is 7.11 Å². The molecule has 2 rings (SSSR count). The summed E-state index contributed by atoms with van der Waals surface area (Å²) >= 11 is 12.2. The number of aromatic nitrogens is 2. The monoisotopic (exact) mass is 298 g/mol. The number of benzene rings is 1. The van der Waals surface area contributed by atoms with Crippen molar-refractivity contribution in [3.05, 3.63) is 51.9 Å². The van der Waals surface area contributed by atoms with Crippen molar-refractivity contribution >= 4 is 23.2 Å². The summed E-state index contributed by atoms with van der Waals surface area (Å²) in [6.45, 7) is 0. The molecule has 1 aromatic carbocycles. The van der Waals surface area contributed by atoms with Gasteiger partial charge in [0.05, 0.1) is 28.9 Å². The molecular weight excluding hydrogens is 287 g/mol. The fraction of sp³-hybridized carbons (Fsp3) is 0.167. The highest BCUT2D eigenvalue weighted by molar-refractivity contribution is 6.42. The molecule has 1 aromatic heterocycles. The van der Waals surface area contributed by atoms with Crippen LogP contribution in [0.2, 0.25) is 10.0 Å². The van der Waals surface area contributed by atoms with Crippen LogP contribution in [0.15, 0.2) is 30.6 Å². The topological polar surface area (TPSA) is 73.1 Å². The van der Waals surface area contributed by atoms with E-state index in [9.17, 15) is 0 Å². The largest absolute Gasteiger partial charge is 0.481 e. The second-order valence-electron chi connectivity index (χ2n) is 3.73. The minimum absolute atomic E-state index is 0.400. The van der Waals surface area contributed by atoms with E-state index in [-0.39, 0.29) is 0 Å². The molecule has 100 valence electrons. The van der Waals surface area contributed by atoms with Crippen molar-refractivity contribution in [2.45, 2.75) is 6.04 Å². The molecule has 0 amide bonds. The molecule has 0 aliphatic rings. The zero-order valence-electron chi connectivity index (χ0n) is 10.1. The molecule has 19 heavy (non-hydrogen) atoms. The van der Waals surface area contributed by atoms with Gasteiger partial charge in [-0.2, -0.15) is 0 Å². The second-order valence-corrected chi connectivity index (χ2v) is 4.51. The Labute approximate surface area is 120 Å². The van der Waals surface area contributed by atoms with E-state index in [0.29, 0.717) is 21.6 Å². The molecule has 0 radical (unpaired) electrons. The van der Waals surface area contributed by atoms with E-state index in [1.54, 1.807) is 18.2 Å². The Balaban J connectivity index is 2.46. The normalized spacial score (nSPS) is 12.2. The number of ether oxygens (including phenoxy) is 1. The van der Waals surface area contributed by atoms with Crippen molar-refractivity contribution in [1.82, 2.24) is 15.4 Å². The minimum atomic E-state index is -0.400. The molecular formula is C12H12Cl2N4O. The van der Waals surface area contributed by atoms with Crippen molar-refractivity contribution < 1.29 is 4.74 Å². The van der Waals surface area contributed by atoms with Crippen LogP contribution in [0.25, 0.3) is 0 Å². The Morgan fingerprint density at radius 3 is 2.79 bits per heavy atom. The zero-order valence-corrected chi connectivity index (χ0v) is 11.6. The van der Waals surface area contributed by atoms with Crippen molar-refractivity contribution in [3.63, 3.8) is 0 Å². The Hall–Kier alpha value is -1.40. The first-order valence-electron chi connectivity index (χ1n) is 5.43. The van der Waals surface area contributed by atoms with Crippen molar-refractivity contribution in [1.29, 1.82) is 0 Å². The first-order valence-corrected chi connectivity index (χ1v) is 6.19. The van der Waals surface area contributed by atoms with Gasteiger partial charge in [-0.05, 0) is 11.6 Å². The quantitative estimate of drug-likeness (QED) is 0.669. The number of hydrazine groups is 1. The minimum Gasteiger partial charge on any atom is -0.481 e. The number of hydrogen-bond donors (Lipinski definition) is 2. The summed E-state index contributed by atoms with van der Waals surface area (Å²) in [5.74, 6) is 6.04. The van der Waals surface area contributed by atoms with E-state index in [4.69, 9.17) is 33.8 Å². The lowest BCUT2D eigenvalue weighted by molar-refractivity contribution is 0.395. The van der Waals surface area contributed by atoms with E-state index in [0.717, 1.165) is 5.56 Å². The van der Waals surface area contributed by atoms with Crippen LogP contribution in [0.3, 0.4) is 0 Å². The Morgan fingerprint density at radius 2 is 2.11 bits per heavy atom. The third-order valence-corrected chi connectivity index (χ3v) is 3.46. The lowest BCUT2D eigenvalue weighted by Gasteiger charge is -2.17. The molecule has 1 unspecified atom stereocenters. The molecule has 0 bridgehead atoms. The molecule has 7 heteroatoms. The van der Waals surface area contributed by atoms with Crippen LogP contribution in [0.1, 0.15) is 17.3 Å².